The Balaban J connectivity index is 1.68. The Hall–Kier alpha value is -2.49. The normalized spacial score (nSPS) is 16.6. The Labute approximate surface area is 121 Å². The van der Waals surface area contributed by atoms with Crippen LogP contribution in [0.5, 0.6) is 0 Å². The second-order valence-corrected chi connectivity index (χ2v) is 5.02. The molecule has 0 aromatic heterocycles. The molecule has 0 spiro atoms. The third-order valence-corrected chi connectivity index (χ3v) is 3.59. The third-order valence-electron chi connectivity index (χ3n) is 3.59. The van der Waals surface area contributed by atoms with E-state index in [-0.39, 0.29) is 24.4 Å². The van der Waals surface area contributed by atoms with Crippen LogP contribution in [-0.2, 0) is 22.6 Å². The average Bonchev–Trinajstić information content (AvgIpc) is 2.83. The number of fused-ring (bicyclic) bond motifs is 1. The topological polar surface area (TPSA) is 43.4 Å². The van der Waals surface area contributed by atoms with Crippen LogP contribution in [0.25, 0.3) is 0 Å². The number of hydrogen-bond donors (Lipinski definition) is 0. The highest BCUT2D eigenvalue weighted by molar-refractivity contribution is 6.12. The quantitative estimate of drug-likeness (QED) is 0.643. The maximum Gasteiger partial charge on any atom is 0.317 e. The number of rotatable bonds is 3. The molecule has 1 aliphatic rings. The summed E-state index contributed by atoms with van der Waals surface area (Å²) in [5, 5.41) is 0. The van der Waals surface area contributed by atoms with Crippen molar-refractivity contribution in [2.75, 3.05) is 0 Å². The Morgan fingerprint density at radius 3 is 2.71 bits per heavy atom. The summed E-state index contributed by atoms with van der Waals surface area (Å²) in [4.78, 5) is 24.2. The van der Waals surface area contributed by atoms with Crippen molar-refractivity contribution in [2.24, 2.45) is 5.92 Å². The second-order valence-electron chi connectivity index (χ2n) is 5.02. The highest BCUT2D eigenvalue weighted by Gasteiger charge is 2.37. The van der Waals surface area contributed by atoms with Gasteiger partial charge in [-0.05, 0) is 29.7 Å². The molecule has 0 aliphatic heterocycles. The van der Waals surface area contributed by atoms with Gasteiger partial charge in [-0.1, -0.05) is 36.4 Å². The van der Waals surface area contributed by atoms with Crippen LogP contribution in [0.15, 0.2) is 48.5 Å². The van der Waals surface area contributed by atoms with Crippen molar-refractivity contribution >= 4 is 11.8 Å². The number of hydrogen-bond acceptors (Lipinski definition) is 3. The van der Waals surface area contributed by atoms with Gasteiger partial charge in [0, 0.05) is 5.56 Å². The molecule has 1 unspecified atom stereocenters. The molecule has 1 aliphatic carbocycles. The number of esters is 1. The van der Waals surface area contributed by atoms with E-state index in [2.05, 4.69) is 0 Å². The van der Waals surface area contributed by atoms with Crippen LogP contribution in [0.3, 0.4) is 0 Å². The molecule has 0 radical (unpaired) electrons. The molecule has 0 saturated carbocycles. The van der Waals surface area contributed by atoms with Gasteiger partial charge in [-0.15, -0.1) is 0 Å². The number of ether oxygens (including phenoxy) is 1. The van der Waals surface area contributed by atoms with Crippen molar-refractivity contribution in [3.63, 3.8) is 0 Å². The first kappa shape index (κ1) is 13.5. The molecule has 1 atom stereocenters. The van der Waals surface area contributed by atoms with Gasteiger partial charge < -0.3 is 4.74 Å². The van der Waals surface area contributed by atoms with E-state index in [0.717, 1.165) is 5.56 Å². The van der Waals surface area contributed by atoms with Crippen LogP contribution in [0, 0.1) is 11.7 Å². The molecular weight excluding hydrogens is 271 g/mol. The van der Waals surface area contributed by atoms with E-state index in [1.54, 1.807) is 6.07 Å². The molecule has 4 heteroatoms. The van der Waals surface area contributed by atoms with E-state index in [9.17, 15) is 14.0 Å². The fourth-order valence-corrected chi connectivity index (χ4v) is 2.48. The Bertz CT molecular complexity index is 694. The molecule has 106 valence electrons. The number of ketones is 1. The molecule has 2 aromatic carbocycles. The zero-order chi connectivity index (χ0) is 14.8. The van der Waals surface area contributed by atoms with E-state index < -0.39 is 17.7 Å². The van der Waals surface area contributed by atoms with Crippen LogP contribution in [-0.4, -0.2) is 11.8 Å². The summed E-state index contributed by atoms with van der Waals surface area (Å²) in [5.74, 6) is -2.24. The van der Waals surface area contributed by atoms with Crippen LogP contribution < -0.4 is 0 Å². The van der Waals surface area contributed by atoms with Gasteiger partial charge in [-0.2, -0.15) is 0 Å². The van der Waals surface area contributed by atoms with E-state index in [1.165, 1.54) is 12.1 Å². The number of halogens is 1. The number of carbonyl (C=O) groups is 2. The minimum Gasteiger partial charge on any atom is -0.460 e. The van der Waals surface area contributed by atoms with Gasteiger partial charge in [0.1, 0.15) is 18.3 Å². The van der Waals surface area contributed by atoms with E-state index in [1.807, 2.05) is 30.3 Å². The fraction of sp³-hybridized carbons (Fsp3) is 0.176. The summed E-state index contributed by atoms with van der Waals surface area (Å²) >= 11 is 0. The fourth-order valence-electron chi connectivity index (χ4n) is 2.48. The van der Waals surface area contributed by atoms with Gasteiger partial charge >= 0.3 is 5.97 Å². The van der Waals surface area contributed by atoms with Crippen LogP contribution >= 0.6 is 0 Å². The summed E-state index contributed by atoms with van der Waals surface area (Å²) in [5.41, 5.74) is 1.85. The van der Waals surface area contributed by atoms with E-state index in [0.29, 0.717) is 5.56 Å². The maximum atomic E-state index is 13.2. The predicted octanol–water partition coefficient (Wildman–Crippen LogP) is 2.92. The molecule has 0 bridgehead atoms. The first-order valence-electron chi connectivity index (χ1n) is 6.68. The molecule has 0 heterocycles. The van der Waals surface area contributed by atoms with Crippen molar-refractivity contribution in [1.29, 1.82) is 0 Å². The first-order valence-corrected chi connectivity index (χ1v) is 6.68. The number of Topliss-reactive ketones (excluding diaryl/α,β-unsaturated/α-hetero) is 1. The van der Waals surface area contributed by atoms with Crippen molar-refractivity contribution in [3.8, 4) is 0 Å². The summed E-state index contributed by atoms with van der Waals surface area (Å²) < 4.78 is 18.4. The smallest absolute Gasteiger partial charge is 0.317 e. The van der Waals surface area contributed by atoms with Gasteiger partial charge in [-0.3, -0.25) is 9.59 Å². The van der Waals surface area contributed by atoms with Crippen LogP contribution in [0.4, 0.5) is 4.39 Å². The number of carbonyl (C=O) groups excluding carboxylic acids is 2. The van der Waals surface area contributed by atoms with Gasteiger partial charge in [0.2, 0.25) is 0 Å². The molecule has 3 nitrogen and oxygen atoms in total. The van der Waals surface area contributed by atoms with Crippen molar-refractivity contribution in [2.45, 2.75) is 13.0 Å². The molecule has 0 fully saturated rings. The maximum absolute atomic E-state index is 13.2. The summed E-state index contributed by atoms with van der Waals surface area (Å²) in [6.45, 7) is 0.133. The van der Waals surface area contributed by atoms with Gasteiger partial charge in [0.05, 0.1) is 0 Å². The lowest BCUT2D eigenvalue weighted by molar-refractivity contribution is -0.147. The third kappa shape index (κ3) is 2.70. The Kier molecular flexibility index (Phi) is 3.52. The monoisotopic (exact) mass is 284 g/mol. The largest absolute Gasteiger partial charge is 0.460 e. The Morgan fingerprint density at radius 2 is 1.95 bits per heavy atom. The lowest BCUT2D eigenvalue weighted by atomic mass is 10.1. The SMILES string of the molecule is O=C(OCc1ccccc1)C1Cc2ccc(F)cc2C1=O. The van der Waals surface area contributed by atoms with Gasteiger partial charge in [0.15, 0.2) is 5.78 Å². The molecule has 2 aromatic rings. The summed E-state index contributed by atoms with van der Waals surface area (Å²) in [6.07, 6.45) is 0.280. The van der Waals surface area contributed by atoms with Crippen molar-refractivity contribution in [1.82, 2.24) is 0 Å². The molecule has 0 amide bonds. The lowest BCUT2D eigenvalue weighted by Gasteiger charge is -2.08. The summed E-state index contributed by atoms with van der Waals surface area (Å²) in [6, 6.07) is 13.3. The van der Waals surface area contributed by atoms with E-state index in [4.69, 9.17) is 4.74 Å². The molecule has 0 N–H and O–H groups in total. The van der Waals surface area contributed by atoms with Crippen molar-refractivity contribution < 1.29 is 18.7 Å². The molecule has 3 rings (SSSR count). The summed E-state index contributed by atoms with van der Waals surface area (Å²) in [7, 11) is 0. The predicted molar refractivity (Wildman–Crippen MR) is 74.2 cm³/mol. The first-order chi connectivity index (χ1) is 10.1. The van der Waals surface area contributed by atoms with Gasteiger partial charge in [-0.25, -0.2) is 4.39 Å². The number of benzene rings is 2. The Morgan fingerprint density at radius 1 is 1.19 bits per heavy atom. The zero-order valence-corrected chi connectivity index (χ0v) is 11.2. The average molecular weight is 284 g/mol. The van der Waals surface area contributed by atoms with Crippen molar-refractivity contribution in [3.05, 3.63) is 71.0 Å². The van der Waals surface area contributed by atoms with Crippen LogP contribution in [0.1, 0.15) is 21.5 Å². The van der Waals surface area contributed by atoms with Crippen LogP contribution in [0.2, 0.25) is 0 Å². The zero-order valence-electron chi connectivity index (χ0n) is 11.2. The minimum absolute atomic E-state index is 0.133. The molecule has 21 heavy (non-hydrogen) atoms. The standard InChI is InChI=1S/C17H13FO3/c18-13-7-6-12-8-15(16(19)14(12)9-13)17(20)21-10-11-4-2-1-3-5-11/h1-7,9,15H,8,10H2. The lowest BCUT2D eigenvalue weighted by Crippen LogP contribution is -2.23. The molecule has 0 saturated heterocycles. The minimum atomic E-state index is -0.856. The van der Waals surface area contributed by atoms with E-state index >= 15 is 0 Å². The second kappa shape index (κ2) is 5.48. The highest BCUT2D eigenvalue weighted by atomic mass is 19.1. The highest BCUT2D eigenvalue weighted by Crippen LogP contribution is 2.28. The molecular formula is C17H13FO3. The van der Waals surface area contributed by atoms with Gasteiger partial charge in [0.25, 0.3) is 0 Å².